The van der Waals surface area contributed by atoms with Crippen molar-refractivity contribution in [3.8, 4) is 28.3 Å². The van der Waals surface area contributed by atoms with Crippen molar-refractivity contribution in [3.63, 3.8) is 0 Å². The van der Waals surface area contributed by atoms with Gasteiger partial charge < -0.3 is 18.9 Å². The molecule has 7 aromatic rings. The molecule has 5 aromatic heterocycles. The Balaban J connectivity index is 0.00000234. The molecule has 0 fully saturated rings. The molecule has 0 spiro atoms. The smallest absolute Gasteiger partial charge is 0.790 e. The van der Waals surface area contributed by atoms with E-state index in [0.29, 0.717) is 17.5 Å². The van der Waals surface area contributed by atoms with Crippen LogP contribution in [0.25, 0.3) is 61.2 Å². The van der Waals surface area contributed by atoms with E-state index in [9.17, 15) is 37.1 Å². The van der Waals surface area contributed by atoms with Crippen molar-refractivity contribution in [1.29, 1.82) is 0 Å². The summed E-state index contributed by atoms with van der Waals surface area (Å²) in [5.41, 5.74) is -1.69. The zero-order chi connectivity index (χ0) is 33.1. The second-order valence-corrected chi connectivity index (χ2v) is 11.3. The Morgan fingerprint density at radius 2 is 1.65 bits per heavy atom. The molecule has 0 saturated heterocycles. The molecule has 5 heterocycles. The summed E-state index contributed by atoms with van der Waals surface area (Å²) in [7, 11) is -5.66. The predicted molar refractivity (Wildman–Crippen MR) is 157 cm³/mol. The number of benzene rings is 2. The molecule has 2 aromatic carbocycles. The molecule has 0 amide bonds. The van der Waals surface area contributed by atoms with Crippen LogP contribution in [0.1, 0.15) is 5.56 Å². The van der Waals surface area contributed by atoms with Crippen LogP contribution in [0.3, 0.4) is 0 Å². The van der Waals surface area contributed by atoms with Gasteiger partial charge in [0.05, 0.1) is 52.9 Å². The zero-order valence-electron chi connectivity index (χ0n) is 25.4. The summed E-state index contributed by atoms with van der Waals surface area (Å²) in [6.07, 6.45) is 0.934. The number of hydrogen-bond acceptors (Lipinski definition) is 11. The van der Waals surface area contributed by atoms with Crippen molar-refractivity contribution < 1.29 is 91.2 Å². The number of H-pyrrole nitrogens is 1. The van der Waals surface area contributed by atoms with Gasteiger partial charge in [0.25, 0.3) is 5.56 Å². The maximum atomic E-state index is 13.7. The van der Waals surface area contributed by atoms with Gasteiger partial charge in [-0.25, -0.2) is 24.3 Å². The molecular formula is C29H16F3N8Na2O6P. The minimum absolute atomic E-state index is 0. The number of alkyl halides is 3. The summed E-state index contributed by atoms with van der Waals surface area (Å²) in [4.78, 5) is 67.1. The number of phosphoric acid groups is 1. The van der Waals surface area contributed by atoms with E-state index in [1.54, 1.807) is 12.3 Å². The zero-order valence-corrected chi connectivity index (χ0v) is 30.3. The number of rotatable bonds is 6. The van der Waals surface area contributed by atoms with Crippen molar-refractivity contribution in [2.45, 2.75) is 12.9 Å². The molecule has 0 aliphatic rings. The third-order valence-corrected chi connectivity index (χ3v) is 7.66. The number of phosphoric ester groups is 1. The number of nitrogens with one attached hydrogen (secondary N) is 1. The summed E-state index contributed by atoms with van der Waals surface area (Å²) in [5.74, 6) is 0.409. The number of pyridine rings is 2. The Bertz CT molecular complexity index is 2540. The number of aromatic amines is 1. The summed E-state index contributed by atoms with van der Waals surface area (Å²) in [6, 6.07) is 12.3. The van der Waals surface area contributed by atoms with Gasteiger partial charge in [0.15, 0.2) is 5.82 Å². The standard InChI is InChI=1S/C29H18F3N8O6P.2Na/c30-29(31,32)18-2-1-3-19(9-18)40-25-20(27(41)39(28(40)42)14-46-47(43,44)45)13-33-23-7-6-21(37-24(23)25)17-10-34-26(35-11-17)15-4-5-22-16(8-15)12-36-38-22;;/h1-13H,14H2,(H,36,38)(H2,43,44,45);;/q;2*+1/p-2. The van der Waals surface area contributed by atoms with Gasteiger partial charge in [-0.3, -0.25) is 19.4 Å². The molecule has 0 atom stereocenters. The average Bonchev–Trinajstić information content (AvgIpc) is 3.52. The van der Waals surface area contributed by atoms with Gasteiger partial charge in [0.1, 0.15) is 12.2 Å². The normalized spacial score (nSPS) is 11.9. The summed E-state index contributed by atoms with van der Waals surface area (Å²) < 4.78 is 57.4. The second kappa shape index (κ2) is 14.0. The summed E-state index contributed by atoms with van der Waals surface area (Å²) >= 11 is 0. The van der Waals surface area contributed by atoms with Crippen LogP contribution in [0.15, 0.2) is 89.0 Å². The van der Waals surface area contributed by atoms with E-state index in [2.05, 4.69) is 34.7 Å². The summed E-state index contributed by atoms with van der Waals surface area (Å²) in [6.45, 7) is -1.32. The first-order valence-corrected chi connectivity index (χ1v) is 14.9. The van der Waals surface area contributed by atoms with Crippen LogP contribution in [0, 0.1) is 0 Å². The number of hydrogen-bond donors (Lipinski definition) is 1. The third-order valence-electron chi connectivity index (χ3n) is 7.23. The average molecular weight is 706 g/mol. The Hall–Kier alpha value is -3.61. The summed E-state index contributed by atoms with van der Waals surface area (Å²) in [5, 5.41) is 7.40. The molecule has 14 nitrogen and oxygen atoms in total. The molecule has 236 valence electrons. The van der Waals surface area contributed by atoms with Gasteiger partial charge in [-0.15, -0.1) is 0 Å². The molecule has 0 radical (unpaired) electrons. The van der Waals surface area contributed by atoms with E-state index in [-0.39, 0.29) is 97.0 Å². The molecule has 49 heavy (non-hydrogen) atoms. The van der Waals surface area contributed by atoms with E-state index in [1.807, 2.05) is 18.2 Å². The topological polar surface area (TPSA) is 197 Å². The molecule has 0 aliphatic heterocycles. The van der Waals surface area contributed by atoms with Crippen molar-refractivity contribution in [3.05, 3.63) is 106 Å². The minimum atomic E-state index is -5.66. The van der Waals surface area contributed by atoms with Crippen molar-refractivity contribution in [2.75, 3.05) is 0 Å². The van der Waals surface area contributed by atoms with Crippen molar-refractivity contribution in [1.82, 2.24) is 39.3 Å². The minimum Gasteiger partial charge on any atom is -0.790 e. The van der Waals surface area contributed by atoms with Crippen LogP contribution in [-0.4, -0.2) is 39.3 Å². The molecule has 0 aliphatic carbocycles. The van der Waals surface area contributed by atoms with Crippen LogP contribution >= 0.6 is 7.82 Å². The Labute approximate surface area is 315 Å². The quantitative estimate of drug-likeness (QED) is 0.105. The Kier molecular flexibility index (Phi) is 10.4. The van der Waals surface area contributed by atoms with E-state index in [4.69, 9.17) is 0 Å². The number of fused-ring (bicyclic) bond motifs is 4. The van der Waals surface area contributed by atoms with E-state index < -0.39 is 37.5 Å². The monoisotopic (exact) mass is 706 g/mol. The first kappa shape index (κ1) is 36.7. The first-order valence-electron chi connectivity index (χ1n) is 13.4. The van der Waals surface area contributed by atoms with Gasteiger partial charge in [-0.05, 0) is 48.5 Å². The largest absolute Gasteiger partial charge is 1.00 e. The number of aromatic nitrogens is 8. The second-order valence-electron chi connectivity index (χ2n) is 10.2. The SMILES string of the molecule is O=c1c2cnc3ccc(-c4cnc(-c5ccc6[nH]ncc6c5)nc4)nc3c2n(-c2cccc(C(F)(F)F)c2)c(=O)n1COP(=O)([O-])[O-].[Na+].[Na+]. The van der Waals surface area contributed by atoms with E-state index >= 15 is 0 Å². The molecule has 7 rings (SSSR count). The van der Waals surface area contributed by atoms with Crippen molar-refractivity contribution >= 4 is 40.7 Å². The predicted octanol–water partition coefficient (Wildman–Crippen LogP) is -3.07. The van der Waals surface area contributed by atoms with Crippen LogP contribution in [0.2, 0.25) is 0 Å². The maximum Gasteiger partial charge on any atom is 1.00 e. The molecule has 0 unspecified atom stereocenters. The maximum absolute atomic E-state index is 13.7. The molecular weight excluding hydrogens is 690 g/mol. The number of nitrogens with zero attached hydrogens (tertiary/aromatic N) is 7. The first-order chi connectivity index (χ1) is 22.4. The van der Waals surface area contributed by atoms with Crippen LogP contribution < -0.4 is 80.2 Å². The van der Waals surface area contributed by atoms with Crippen LogP contribution in [0.5, 0.6) is 0 Å². The van der Waals surface area contributed by atoms with Gasteiger partial charge in [-0.1, -0.05) is 6.07 Å². The van der Waals surface area contributed by atoms with Gasteiger partial charge in [0, 0.05) is 35.1 Å². The number of halogens is 3. The fourth-order valence-corrected chi connectivity index (χ4v) is 5.30. The van der Waals surface area contributed by atoms with Gasteiger partial charge in [-0.2, -0.15) is 18.3 Å². The van der Waals surface area contributed by atoms with E-state index in [1.165, 1.54) is 24.5 Å². The van der Waals surface area contributed by atoms with Gasteiger partial charge >= 0.3 is 71.0 Å². The van der Waals surface area contributed by atoms with Crippen molar-refractivity contribution in [2.24, 2.45) is 0 Å². The van der Waals surface area contributed by atoms with E-state index in [0.717, 1.165) is 39.4 Å². The van der Waals surface area contributed by atoms with Crippen LogP contribution in [0.4, 0.5) is 13.2 Å². The Morgan fingerprint density at radius 3 is 2.37 bits per heavy atom. The molecule has 0 saturated carbocycles. The fraction of sp³-hybridized carbons (Fsp3) is 0.0690. The molecule has 1 N–H and O–H groups in total. The Morgan fingerprint density at radius 1 is 0.898 bits per heavy atom. The fourth-order valence-electron chi connectivity index (χ4n) is 5.04. The molecule has 0 bridgehead atoms. The van der Waals surface area contributed by atoms with Crippen LogP contribution in [-0.2, 0) is 22.0 Å². The molecule has 20 heteroatoms. The third kappa shape index (κ3) is 7.18. The van der Waals surface area contributed by atoms with Gasteiger partial charge in [0.2, 0.25) is 0 Å².